The number of hydrogen-bond acceptors (Lipinski definition) is 3. The van der Waals surface area contributed by atoms with Crippen LogP contribution in [0.1, 0.15) is 13.3 Å². The molecule has 78 valence electrons. The summed E-state index contributed by atoms with van der Waals surface area (Å²) in [5.41, 5.74) is 0. The molecule has 0 aromatic heterocycles. The van der Waals surface area contributed by atoms with Gasteiger partial charge < -0.3 is 10.2 Å². The van der Waals surface area contributed by atoms with Gasteiger partial charge in [-0.1, -0.05) is 0 Å². The molecule has 13 heavy (non-hydrogen) atoms. The molecule has 0 saturated carbocycles. The fourth-order valence-corrected chi connectivity index (χ4v) is 1.70. The second-order valence-electron chi connectivity index (χ2n) is 3.67. The van der Waals surface area contributed by atoms with E-state index in [-0.39, 0.29) is 26.1 Å². The van der Waals surface area contributed by atoms with Crippen LogP contribution in [0, 0.1) is 0 Å². The van der Waals surface area contributed by atoms with E-state index in [1.165, 1.54) is 4.90 Å². The third-order valence-electron chi connectivity index (χ3n) is 2.19. The Hall–Kier alpha value is -0.260. The van der Waals surface area contributed by atoms with Gasteiger partial charge in [-0.3, -0.25) is 4.90 Å². The molecule has 1 fully saturated rings. The zero-order chi connectivity index (χ0) is 10.1. The number of likely N-dealkylation sites (tertiary alicyclic amines) is 1. The lowest BCUT2D eigenvalue weighted by Crippen LogP contribution is -2.37. The van der Waals surface area contributed by atoms with Crippen LogP contribution in [0.2, 0.25) is 0 Å². The van der Waals surface area contributed by atoms with E-state index in [2.05, 4.69) is 0 Å². The number of nitrogens with zero attached hydrogens (tertiary/aromatic N) is 1. The summed E-state index contributed by atoms with van der Waals surface area (Å²) in [6.45, 7) is 1.11. The standard InChI is InChI=1S/C8H15F2NO2/c1-6(13)3-11-5-8(9,10)2-7(11)4-12/h6-7,12-13H,2-5H2,1H3. The first-order chi connectivity index (χ1) is 5.94. The van der Waals surface area contributed by atoms with E-state index in [9.17, 15) is 8.78 Å². The molecule has 2 N–H and O–H groups in total. The van der Waals surface area contributed by atoms with E-state index in [4.69, 9.17) is 10.2 Å². The minimum Gasteiger partial charge on any atom is -0.395 e. The largest absolute Gasteiger partial charge is 0.395 e. The van der Waals surface area contributed by atoms with Gasteiger partial charge in [0.1, 0.15) is 0 Å². The van der Waals surface area contributed by atoms with Crippen molar-refractivity contribution in [2.24, 2.45) is 0 Å². The molecule has 1 aliphatic heterocycles. The summed E-state index contributed by atoms with van der Waals surface area (Å²) in [5.74, 6) is -2.72. The third kappa shape index (κ3) is 2.86. The normalized spacial score (nSPS) is 30.7. The molecule has 1 rings (SSSR count). The summed E-state index contributed by atoms with van der Waals surface area (Å²) in [7, 11) is 0. The van der Waals surface area contributed by atoms with Gasteiger partial charge in [-0.15, -0.1) is 0 Å². The van der Waals surface area contributed by atoms with E-state index in [0.717, 1.165) is 0 Å². The Labute approximate surface area is 76.0 Å². The Bertz CT molecular complexity index is 176. The second kappa shape index (κ2) is 3.86. The highest BCUT2D eigenvalue weighted by atomic mass is 19.3. The van der Waals surface area contributed by atoms with Crippen molar-refractivity contribution in [3.8, 4) is 0 Å². The van der Waals surface area contributed by atoms with Gasteiger partial charge in [-0.25, -0.2) is 8.78 Å². The first-order valence-electron chi connectivity index (χ1n) is 4.35. The summed E-state index contributed by atoms with van der Waals surface area (Å²) >= 11 is 0. The van der Waals surface area contributed by atoms with E-state index in [1.54, 1.807) is 6.92 Å². The average Bonchev–Trinajstić information content (AvgIpc) is 2.24. The molecule has 0 spiro atoms. The molecule has 0 radical (unpaired) electrons. The van der Waals surface area contributed by atoms with Crippen molar-refractivity contribution in [2.75, 3.05) is 19.7 Å². The Morgan fingerprint density at radius 3 is 2.69 bits per heavy atom. The van der Waals surface area contributed by atoms with Crippen LogP contribution in [0.5, 0.6) is 0 Å². The quantitative estimate of drug-likeness (QED) is 0.669. The van der Waals surface area contributed by atoms with Crippen LogP contribution in [-0.4, -0.2) is 52.9 Å². The topological polar surface area (TPSA) is 43.7 Å². The SMILES string of the molecule is CC(O)CN1CC(F)(F)CC1CO. The summed E-state index contributed by atoms with van der Waals surface area (Å²) in [6, 6.07) is -0.510. The fourth-order valence-electron chi connectivity index (χ4n) is 1.70. The lowest BCUT2D eigenvalue weighted by atomic mass is 10.2. The smallest absolute Gasteiger partial charge is 0.262 e. The predicted octanol–water partition coefficient (Wildman–Crippen LogP) is 0.0691. The van der Waals surface area contributed by atoms with E-state index < -0.39 is 18.1 Å². The molecule has 1 saturated heterocycles. The third-order valence-corrected chi connectivity index (χ3v) is 2.19. The fraction of sp³-hybridized carbons (Fsp3) is 1.00. The molecule has 1 aliphatic rings. The minimum absolute atomic E-state index is 0.195. The highest BCUT2D eigenvalue weighted by Gasteiger charge is 2.44. The lowest BCUT2D eigenvalue weighted by molar-refractivity contribution is 0.00835. The van der Waals surface area contributed by atoms with Gasteiger partial charge in [-0.2, -0.15) is 0 Å². The van der Waals surface area contributed by atoms with Crippen LogP contribution in [-0.2, 0) is 0 Å². The van der Waals surface area contributed by atoms with Gasteiger partial charge in [0.25, 0.3) is 5.92 Å². The molecule has 5 heteroatoms. The summed E-state index contributed by atoms with van der Waals surface area (Å²) in [4.78, 5) is 1.44. The number of halogens is 2. The number of aliphatic hydroxyl groups excluding tert-OH is 2. The van der Waals surface area contributed by atoms with Crippen LogP contribution >= 0.6 is 0 Å². The van der Waals surface area contributed by atoms with Gasteiger partial charge in [0.15, 0.2) is 0 Å². The number of alkyl halides is 2. The van der Waals surface area contributed by atoms with Crippen molar-refractivity contribution in [1.82, 2.24) is 4.90 Å². The summed E-state index contributed by atoms with van der Waals surface area (Å²) in [6.07, 6.45) is -0.945. The number of aliphatic hydroxyl groups is 2. The van der Waals surface area contributed by atoms with Gasteiger partial charge in [0.05, 0.1) is 19.3 Å². The number of hydrogen-bond donors (Lipinski definition) is 2. The highest BCUT2D eigenvalue weighted by molar-refractivity contribution is 4.90. The molecule has 0 aliphatic carbocycles. The van der Waals surface area contributed by atoms with E-state index >= 15 is 0 Å². The molecule has 0 bridgehead atoms. The monoisotopic (exact) mass is 195 g/mol. The molecule has 2 atom stereocenters. The van der Waals surface area contributed by atoms with Gasteiger partial charge in [-0.05, 0) is 6.92 Å². The maximum Gasteiger partial charge on any atom is 0.262 e. The Morgan fingerprint density at radius 1 is 1.62 bits per heavy atom. The van der Waals surface area contributed by atoms with E-state index in [1.807, 2.05) is 0 Å². The van der Waals surface area contributed by atoms with Crippen LogP contribution < -0.4 is 0 Å². The maximum absolute atomic E-state index is 12.8. The van der Waals surface area contributed by atoms with Crippen LogP contribution in [0.15, 0.2) is 0 Å². The molecule has 2 unspecified atom stereocenters. The number of rotatable bonds is 3. The molecule has 3 nitrogen and oxygen atoms in total. The molecule has 1 heterocycles. The Morgan fingerprint density at radius 2 is 2.23 bits per heavy atom. The number of β-amino-alcohol motifs (C(OH)–C–C–N with tert-alkyl or cyclic N) is 1. The minimum atomic E-state index is -2.72. The van der Waals surface area contributed by atoms with Crippen molar-refractivity contribution in [2.45, 2.75) is 31.4 Å². The van der Waals surface area contributed by atoms with Gasteiger partial charge in [0, 0.05) is 19.0 Å². The van der Waals surface area contributed by atoms with Crippen LogP contribution in [0.4, 0.5) is 8.78 Å². The Balaban J connectivity index is 2.53. The van der Waals surface area contributed by atoms with Crippen molar-refractivity contribution >= 4 is 0 Å². The molecular weight excluding hydrogens is 180 g/mol. The second-order valence-corrected chi connectivity index (χ2v) is 3.67. The van der Waals surface area contributed by atoms with Crippen molar-refractivity contribution in [3.05, 3.63) is 0 Å². The van der Waals surface area contributed by atoms with Gasteiger partial charge in [0.2, 0.25) is 0 Å². The summed E-state index contributed by atoms with van der Waals surface area (Å²) in [5, 5.41) is 17.9. The van der Waals surface area contributed by atoms with Crippen LogP contribution in [0.25, 0.3) is 0 Å². The lowest BCUT2D eigenvalue weighted by Gasteiger charge is -2.22. The first-order valence-corrected chi connectivity index (χ1v) is 4.35. The zero-order valence-electron chi connectivity index (χ0n) is 7.58. The predicted molar refractivity (Wildman–Crippen MR) is 43.7 cm³/mol. The molecular formula is C8H15F2NO2. The first kappa shape index (κ1) is 10.8. The maximum atomic E-state index is 12.8. The van der Waals surface area contributed by atoms with Crippen molar-refractivity contribution in [3.63, 3.8) is 0 Å². The van der Waals surface area contributed by atoms with Crippen LogP contribution in [0.3, 0.4) is 0 Å². The zero-order valence-corrected chi connectivity index (χ0v) is 7.58. The molecule has 0 amide bonds. The highest BCUT2D eigenvalue weighted by Crippen LogP contribution is 2.31. The molecule has 0 aromatic rings. The Kier molecular flexibility index (Phi) is 3.21. The van der Waals surface area contributed by atoms with Gasteiger partial charge >= 0.3 is 0 Å². The van der Waals surface area contributed by atoms with Crippen molar-refractivity contribution in [1.29, 1.82) is 0 Å². The molecule has 0 aromatic carbocycles. The average molecular weight is 195 g/mol. The van der Waals surface area contributed by atoms with Crippen molar-refractivity contribution < 1.29 is 19.0 Å². The van der Waals surface area contributed by atoms with E-state index in [0.29, 0.717) is 0 Å². The summed E-state index contributed by atoms with van der Waals surface area (Å²) < 4.78 is 25.7.